The number of ether oxygens (including phenoxy) is 3. The van der Waals surface area contributed by atoms with Gasteiger partial charge in [0.15, 0.2) is 11.5 Å². The molecular weight excluding hydrogens is 254 g/mol. The Bertz CT molecular complexity index is 452. The third kappa shape index (κ3) is 2.28. The van der Waals surface area contributed by atoms with E-state index in [4.69, 9.17) is 25.8 Å². The van der Waals surface area contributed by atoms with Crippen LogP contribution in [0.5, 0.6) is 11.5 Å². The summed E-state index contributed by atoms with van der Waals surface area (Å²) < 4.78 is 16.2. The van der Waals surface area contributed by atoms with Gasteiger partial charge in [0.2, 0.25) is 6.79 Å². The van der Waals surface area contributed by atoms with Crippen molar-refractivity contribution >= 4 is 11.6 Å². The minimum absolute atomic E-state index is 0.249. The molecule has 2 heterocycles. The van der Waals surface area contributed by atoms with E-state index in [2.05, 4.69) is 12.2 Å². The minimum Gasteiger partial charge on any atom is -0.454 e. The van der Waals surface area contributed by atoms with Crippen LogP contribution < -0.4 is 14.8 Å². The molecule has 1 saturated heterocycles. The third-order valence-electron chi connectivity index (χ3n) is 3.43. The highest BCUT2D eigenvalue weighted by Gasteiger charge is 2.24. The summed E-state index contributed by atoms with van der Waals surface area (Å²) in [5, 5.41) is 4.09. The Morgan fingerprint density at radius 2 is 2.28 bits per heavy atom. The van der Waals surface area contributed by atoms with Crippen LogP contribution in [0.1, 0.15) is 18.9 Å². The highest BCUT2D eigenvalue weighted by Crippen LogP contribution is 2.39. The number of benzene rings is 1. The van der Waals surface area contributed by atoms with Gasteiger partial charge in [-0.25, -0.2) is 0 Å². The molecule has 1 aromatic carbocycles. The zero-order chi connectivity index (χ0) is 12.5. The minimum atomic E-state index is 0.249. The summed E-state index contributed by atoms with van der Waals surface area (Å²) >= 11 is 6.14. The molecule has 0 unspecified atom stereocenters. The summed E-state index contributed by atoms with van der Waals surface area (Å²) in [5.41, 5.74) is 1.10. The molecule has 5 heteroatoms. The molecule has 3 rings (SSSR count). The summed E-state index contributed by atoms with van der Waals surface area (Å²) in [6.45, 7) is 3.94. The summed E-state index contributed by atoms with van der Waals surface area (Å²) in [5.74, 6) is 1.38. The lowest BCUT2D eigenvalue weighted by Gasteiger charge is -2.16. The van der Waals surface area contributed by atoms with Crippen molar-refractivity contribution in [2.45, 2.75) is 32.0 Å². The molecule has 0 aliphatic carbocycles. The molecule has 0 spiro atoms. The first-order chi connectivity index (χ1) is 8.74. The second-order valence-electron chi connectivity index (χ2n) is 4.66. The molecule has 0 amide bonds. The van der Waals surface area contributed by atoms with E-state index < -0.39 is 0 Å². The Balaban J connectivity index is 1.68. The fourth-order valence-electron chi connectivity index (χ4n) is 2.37. The van der Waals surface area contributed by atoms with E-state index in [9.17, 15) is 0 Å². The summed E-state index contributed by atoms with van der Waals surface area (Å²) in [7, 11) is 0. The summed E-state index contributed by atoms with van der Waals surface area (Å²) in [6, 6.07) is 4.30. The van der Waals surface area contributed by atoms with Gasteiger partial charge in [-0.3, -0.25) is 0 Å². The second-order valence-corrected chi connectivity index (χ2v) is 5.07. The van der Waals surface area contributed by atoms with Gasteiger partial charge in [0.25, 0.3) is 0 Å². The van der Waals surface area contributed by atoms with Crippen molar-refractivity contribution in [1.29, 1.82) is 0 Å². The molecule has 2 aliphatic heterocycles. The molecule has 0 radical (unpaired) electrons. The average Bonchev–Trinajstić information content (AvgIpc) is 2.95. The first-order valence-electron chi connectivity index (χ1n) is 6.17. The van der Waals surface area contributed by atoms with E-state index in [1.165, 1.54) is 0 Å². The molecule has 0 saturated carbocycles. The number of nitrogens with one attached hydrogen (secondary N) is 1. The van der Waals surface area contributed by atoms with Crippen molar-refractivity contribution in [2.75, 3.05) is 13.4 Å². The zero-order valence-corrected chi connectivity index (χ0v) is 11.0. The van der Waals surface area contributed by atoms with Gasteiger partial charge in [-0.2, -0.15) is 0 Å². The van der Waals surface area contributed by atoms with E-state index >= 15 is 0 Å². The van der Waals surface area contributed by atoms with Crippen LogP contribution in [0.2, 0.25) is 5.02 Å². The maximum Gasteiger partial charge on any atom is 0.231 e. The monoisotopic (exact) mass is 269 g/mol. The Labute approximate surface area is 111 Å². The van der Waals surface area contributed by atoms with Crippen LogP contribution in [0, 0.1) is 0 Å². The van der Waals surface area contributed by atoms with Crippen LogP contribution in [-0.4, -0.2) is 25.5 Å². The second kappa shape index (κ2) is 4.96. The molecular formula is C13H16ClNO3. The number of fused-ring (bicyclic) bond motifs is 1. The molecule has 98 valence electrons. The normalized spacial score (nSPS) is 25.7. The van der Waals surface area contributed by atoms with Crippen molar-refractivity contribution in [3.05, 3.63) is 22.7 Å². The van der Waals surface area contributed by atoms with Crippen molar-refractivity contribution < 1.29 is 14.2 Å². The van der Waals surface area contributed by atoms with Crippen LogP contribution in [0.25, 0.3) is 0 Å². The Kier molecular flexibility index (Phi) is 3.33. The summed E-state index contributed by atoms with van der Waals surface area (Å²) in [4.78, 5) is 0. The van der Waals surface area contributed by atoms with Crippen molar-refractivity contribution in [3.8, 4) is 11.5 Å². The van der Waals surface area contributed by atoms with Crippen LogP contribution in [0.3, 0.4) is 0 Å². The van der Waals surface area contributed by atoms with Crippen molar-refractivity contribution in [1.82, 2.24) is 5.32 Å². The topological polar surface area (TPSA) is 39.7 Å². The fourth-order valence-corrected chi connectivity index (χ4v) is 2.66. The molecule has 0 bridgehead atoms. The van der Waals surface area contributed by atoms with Crippen molar-refractivity contribution in [2.24, 2.45) is 0 Å². The van der Waals surface area contributed by atoms with Crippen LogP contribution in [-0.2, 0) is 11.3 Å². The van der Waals surface area contributed by atoms with Gasteiger partial charge in [-0.1, -0.05) is 11.6 Å². The average molecular weight is 270 g/mol. The number of rotatable bonds is 3. The van der Waals surface area contributed by atoms with E-state index in [-0.39, 0.29) is 12.9 Å². The molecule has 0 aromatic heterocycles. The lowest BCUT2D eigenvalue weighted by atomic mass is 10.1. The smallest absolute Gasteiger partial charge is 0.231 e. The molecule has 18 heavy (non-hydrogen) atoms. The molecule has 1 N–H and O–H groups in total. The third-order valence-corrected chi connectivity index (χ3v) is 3.71. The van der Waals surface area contributed by atoms with Gasteiger partial charge in [-0.15, -0.1) is 0 Å². The first-order valence-corrected chi connectivity index (χ1v) is 6.55. The Hall–Kier alpha value is -0.970. The van der Waals surface area contributed by atoms with Gasteiger partial charge in [0.1, 0.15) is 0 Å². The maximum absolute atomic E-state index is 6.14. The molecule has 2 atom stereocenters. The predicted molar refractivity (Wildman–Crippen MR) is 68.2 cm³/mol. The van der Waals surface area contributed by atoms with Crippen LogP contribution >= 0.6 is 11.6 Å². The number of hydrogen-bond acceptors (Lipinski definition) is 4. The molecule has 4 nitrogen and oxygen atoms in total. The van der Waals surface area contributed by atoms with Crippen molar-refractivity contribution in [3.63, 3.8) is 0 Å². The molecule has 1 aromatic rings. The lowest BCUT2D eigenvalue weighted by molar-refractivity contribution is 0.113. The van der Waals surface area contributed by atoms with Crippen LogP contribution in [0.4, 0.5) is 0 Å². The summed E-state index contributed by atoms with van der Waals surface area (Å²) in [6.07, 6.45) is 1.33. The van der Waals surface area contributed by atoms with Gasteiger partial charge in [0.05, 0.1) is 11.1 Å². The van der Waals surface area contributed by atoms with E-state index in [1.54, 1.807) is 0 Å². The largest absolute Gasteiger partial charge is 0.454 e. The van der Waals surface area contributed by atoms with E-state index in [0.29, 0.717) is 16.8 Å². The van der Waals surface area contributed by atoms with E-state index in [1.807, 2.05) is 12.1 Å². The quantitative estimate of drug-likeness (QED) is 0.914. The highest BCUT2D eigenvalue weighted by molar-refractivity contribution is 6.32. The molecule has 1 fully saturated rings. The van der Waals surface area contributed by atoms with Crippen LogP contribution in [0.15, 0.2) is 12.1 Å². The number of hydrogen-bond donors (Lipinski definition) is 1. The molecule has 2 aliphatic rings. The van der Waals surface area contributed by atoms with Gasteiger partial charge in [0, 0.05) is 19.2 Å². The Morgan fingerprint density at radius 1 is 1.39 bits per heavy atom. The Morgan fingerprint density at radius 3 is 3.06 bits per heavy atom. The maximum atomic E-state index is 6.14. The SMILES string of the molecule is C[C@@H]1OCC[C@@H]1NCc1cc(Cl)c2c(c1)OCO2. The van der Waals surface area contributed by atoms with Gasteiger partial charge >= 0.3 is 0 Å². The lowest BCUT2D eigenvalue weighted by Crippen LogP contribution is -2.34. The van der Waals surface area contributed by atoms with Gasteiger partial charge in [-0.05, 0) is 31.0 Å². The van der Waals surface area contributed by atoms with E-state index in [0.717, 1.165) is 30.9 Å². The highest BCUT2D eigenvalue weighted by atomic mass is 35.5. The standard InChI is InChI=1S/C13H16ClNO3/c1-8-11(2-3-16-8)15-6-9-4-10(14)13-12(5-9)17-7-18-13/h4-5,8,11,15H,2-3,6-7H2,1H3/t8-,11-/m0/s1. The number of halogens is 1. The fraction of sp³-hybridized carbons (Fsp3) is 0.538. The first kappa shape index (κ1) is 12.1. The van der Waals surface area contributed by atoms with Gasteiger partial charge < -0.3 is 19.5 Å². The predicted octanol–water partition coefficient (Wildman–Crippen LogP) is 2.34. The zero-order valence-electron chi connectivity index (χ0n) is 10.2.